The van der Waals surface area contributed by atoms with Gasteiger partial charge in [0.2, 0.25) is 0 Å². The molecule has 1 aromatic carbocycles. The number of hydrogen-bond acceptors (Lipinski definition) is 2. The number of nitrogens with zero attached hydrogens (tertiary/aromatic N) is 1. The molecule has 1 heterocycles. The van der Waals surface area contributed by atoms with Crippen LogP contribution in [0.25, 0.3) is 0 Å². The van der Waals surface area contributed by atoms with Gasteiger partial charge in [-0.05, 0) is 24.6 Å². The van der Waals surface area contributed by atoms with Gasteiger partial charge in [-0.2, -0.15) is 13.2 Å². The molecule has 19 heavy (non-hydrogen) atoms. The van der Waals surface area contributed by atoms with Crippen LogP contribution in [0, 0.1) is 0 Å². The summed E-state index contributed by atoms with van der Waals surface area (Å²) < 4.78 is 43.7. The van der Waals surface area contributed by atoms with Crippen LogP contribution in [0.4, 0.5) is 13.2 Å². The van der Waals surface area contributed by atoms with Crippen molar-refractivity contribution in [3.05, 3.63) is 60.1 Å². The fourth-order valence-corrected chi connectivity index (χ4v) is 1.69. The Hall–Kier alpha value is -2.04. The summed E-state index contributed by atoms with van der Waals surface area (Å²) in [5.74, 6) is -0.268. The van der Waals surface area contributed by atoms with Crippen LogP contribution in [-0.2, 0) is 0 Å². The average molecular weight is 267 g/mol. The Morgan fingerprint density at radius 1 is 1.11 bits per heavy atom. The van der Waals surface area contributed by atoms with Gasteiger partial charge >= 0.3 is 6.18 Å². The number of aliphatic imine (C=N–C) groups is 1. The standard InChI is InChI=1S/C14H12F3NO/c1-10(11-6-3-2-4-7-11)18-13(14(15,16)17)12-8-5-9-19-12/h2-10H,1H3/t10-/m1/s1. The maximum atomic E-state index is 13.0. The van der Waals surface area contributed by atoms with Crippen LogP contribution in [0.3, 0.4) is 0 Å². The monoisotopic (exact) mass is 267 g/mol. The first-order valence-corrected chi connectivity index (χ1v) is 5.72. The molecule has 0 spiro atoms. The van der Waals surface area contributed by atoms with Crippen molar-refractivity contribution in [2.24, 2.45) is 4.99 Å². The average Bonchev–Trinajstić information content (AvgIpc) is 2.88. The Morgan fingerprint density at radius 3 is 2.32 bits per heavy atom. The second-order valence-corrected chi connectivity index (χ2v) is 4.04. The van der Waals surface area contributed by atoms with Crippen molar-refractivity contribution in [2.75, 3.05) is 0 Å². The van der Waals surface area contributed by atoms with E-state index in [0.29, 0.717) is 0 Å². The lowest BCUT2D eigenvalue weighted by molar-refractivity contribution is -0.0592. The predicted molar refractivity (Wildman–Crippen MR) is 66.2 cm³/mol. The normalized spacial score (nSPS) is 14.4. The molecule has 2 rings (SSSR count). The van der Waals surface area contributed by atoms with Gasteiger partial charge in [-0.15, -0.1) is 0 Å². The summed E-state index contributed by atoms with van der Waals surface area (Å²) in [6, 6.07) is 10.9. The number of furan rings is 1. The van der Waals surface area contributed by atoms with E-state index in [2.05, 4.69) is 4.99 Å². The SMILES string of the molecule is C[C@@H](N=C(c1ccco1)C(F)(F)F)c1ccccc1. The van der Waals surface area contributed by atoms with Crippen LogP contribution >= 0.6 is 0 Å². The maximum absolute atomic E-state index is 13.0. The molecule has 1 atom stereocenters. The first-order valence-electron chi connectivity index (χ1n) is 5.72. The van der Waals surface area contributed by atoms with E-state index in [9.17, 15) is 13.2 Å². The molecule has 0 radical (unpaired) electrons. The van der Waals surface area contributed by atoms with E-state index in [1.165, 1.54) is 18.4 Å². The van der Waals surface area contributed by atoms with E-state index in [-0.39, 0.29) is 5.76 Å². The van der Waals surface area contributed by atoms with Gasteiger partial charge in [-0.1, -0.05) is 30.3 Å². The number of halogens is 3. The third-order valence-electron chi connectivity index (χ3n) is 2.63. The highest BCUT2D eigenvalue weighted by Gasteiger charge is 2.39. The second kappa shape index (κ2) is 5.30. The van der Waals surface area contributed by atoms with Gasteiger partial charge in [0.05, 0.1) is 12.3 Å². The summed E-state index contributed by atoms with van der Waals surface area (Å²) in [7, 11) is 0. The zero-order valence-corrected chi connectivity index (χ0v) is 10.2. The summed E-state index contributed by atoms with van der Waals surface area (Å²) in [5.41, 5.74) is -0.273. The quantitative estimate of drug-likeness (QED) is 0.757. The number of rotatable bonds is 3. The zero-order chi connectivity index (χ0) is 13.9. The van der Waals surface area contributed by atoms with Crippen molar-refractivity contribution in [2.45, 2.75) is 19.1 Å². The topological polar surface area (TPSA) is 25.5 Å². The van der Waals surface area contributed by atoms with Crippen LogP contribution in [0.1, 0.15) is 24.3 Å². The van der Waals surface area contributed by atoms with Crippen molar-refractivity contribution < 1.29 is 17.6 Å². The predicted octanol–water partition coefficient (Wildman–Crippen LogP) is 4.39. The molecular weight excluding hydrogens is 255 g/mol. The van der Waals surface area contributed by atoms with Gasteiger partial charge in [0.1, 0.15) is 0 Å². The Bertz CT molecular complexity index is 544. The first kappa shape index (κ1) is 13.4. The molecule has 0 amide bonds. The van der Waals surface area contributed by atoms with Gasteiger partial charge < -0.3 is 4.42 Å². The lowest BCUT2D eigenvalue weighted by Gasteiger charge is -2.12. The Kier molecular flexibility index (Phi) is 3.74. The molecule has 0 N–H and O–H groups in total. The van der Waals surface area contributed by atoms with E-state index in [4.69, 9.17) is 4.42 Å². The third kappa shape index (κ3) is 3.24. The summed E-state index contributed by atoms with van der Waals surface area (Å²) in [6.07, 6.45) is -3.34. The van der Waals surface area contributed by atoms with E-state index in [1.807, 2.05) is 0 Å². The number of benzene rings is 1. The van der Waals surface area contributed by atoms with E-state index < -0.39 is 17.9 Å². The van der Waals surface area contributed by atoms with Gasteiger partial charge in [0, 0.05) is 0 Å². The smallest absolute Gasteiger partial charge is 0.436 e. The summed E-state index contributed by atoms with van der Waals surface area (Å²) >= 11 is 0. The minimum Gasteiger partial charge on any atom is -0.463 e. The van der Waals surface area contributed by atoms with Crippen molar-refractivity contribution in [3.8, 4) is 0 Å². The lowest BCUT2D eigenvalue weighted by atomic mass is 10.1. The second-order valence-electron chi connectivity index (χ2n) is 4.04. The molecule has 0 saturated heterocycles. The Balaban J connectivity index is 2.37. The van der Waals surface area contributed by atoms with Crippen molar-refractivity contribution in [1.82, 2.24) is 0 Å². The molecule has 100 valence electrons. The molecule has 0 fully saturated rings. The molecule has 0 bridgehead atoms. The van der Waals surface area contributed by atoms with E-state index in [0.717, 1.165) is 5.56 Å². The molecule has 0 aliphatic carbocycles. The van der Waals surface area contributed by atoms with Crippen LogP contribution in [0.5, 0.6) is 0 Å². The summed E-state index contributed by atoms with van der Waals surface area (Å²) in [6.45, 7) is 1.62. The fraction of sp³-hybridized carbons (Fsp3) is 0.214. The molecule has 0 unspecified atom stereocenters. The molecule has 2 nitrogen and oxygen atoms in total. The van der Waals surface area contributed by atoms with Crippen molar-refractivity contribution in [1.29, 1.82) is 0 Å². The summed E-state index contributed by atoms with van der Waals surface area (Å²) in [4.78, 5) is 3.76. The van der Waals surface area contributed by atoms with Gasteiger partial charge in [0.25, 0.3) is 0 Å². The molecule has 0 aliphatic heterocycles. The van der Waals surface area contributed by atoms with Crippen molar-refractivity contribution in [3.63, 3.8) is 0 Å². The zero-order valence-electron chi connectivity index (χ0n) is 10.2. The molecule has 2 aromatic rings. The van der Waals surface area contributed by atoms with Crippen molar-refractivity contribution >= 4 is 5.71 Å². The van der Waals surface area contributed by atoms with Gasteiger partial charge in [0.15, 0.2) is 11.5 Å². The van der Waals surface area contributed by atoms with Crippen LogP contribution in [-0.4, -0.2) is 11.9 Å². The lowest BCUT2D eigenvalue weighted by Crippen LogP contribution is -2.24. The molecule has 1 aromatic heterocycles. The number of hydrogen-bond donors (Lipinski definition) is 0. The highest BCUT2D eigenvalue weighted by molar-refractivity contribution is 6.02. The first-order chi connectivity index (χ1) is 8.98. The largest absolute Gasteiger partial charge is 0.463 e. The molecule has 0 saturated carbocycles. The molecule has 5 heteroatoms. The number of alkyl halides is 3. The molecular formula is C14H12F3NO. The van der Waals surface area contributed by atoms with E-state index in [1.54, 1.807) is 37.3 Å². The van der Waals surface area contributed by atoms with Crippen LogP contribution < -0.4 is 0 Å². The highest BCUT2D eigenvalue weighted by Crippen LogP contribution is 2.26. The van der Waals surface area contributed by atoms with Crippen LogP contribution in [0.15, 0.2) is 58.1 Å². The molecule has 0 aliphatic rings. The fourth-order valence-electron chi connectivity index (χ4n) is 1.69. The van der Waals surface area contributed by atoms with Crippen LogP contribution in [0.2, 0.25) is 0 Å². The maximum Gasteiger partial charge on any atom is 0.436 e. The van der Waals surface area contributed by atoms with Gasteiger partial charge in [-0.3, -0.25) is 4.99 Å². The highest BCUT2D eigenvalue weighted by atomic mass is 19.4. The Morgan fingerprint density at radius 2 is 1.79 bits per heavy atom. The third-order valence-corrected chi connectivity index (χ3v) is 2.63. The Labute approximate surface area is 108 Å². The van der Waals surface area contributed by atoms with Gasteiger partial charge in [-0.25, -0.2) is 0 Å². The summed E-state index contributed by atoms with van der Waals surface area (Å²) in [5, 5.41) is 0. The minimum atomic E-state index is -4.54. The minimum absolute atomic E-state index is 0.268. The van der Waals surface area contributed by atoms with E-state index >= 15 is 0 Å².